The quantitative estimate of drug-likeness (QED) is 0.647. The molecule has 170 valence electrons. The molecule has 1 aliphatic carbocycles. The molecule has 2 heterocycles. The lowest BCUT2D eigenvalue weighted by molar-refractivity contribution is -0.123. The van der Waals surface area contributed by atoms with Crippen molar-refractivity contribution in [2.45, 2.75) is 51.9 Å². The summed E-state index contributed by atoms with van der Waals surface area (Å²) in [7, 11) is 7.76. The zero-order valence-corrected chi connectivity index (χ0v) is 19.7. The Hall–Kier alpha value is -2.41. The van der Waals surface area contributed by atoms with Gasteiger partial charge in [0.2, 0.25) is 5.91 Å². The minimum Gasteiger partial charge on any atom is -0.342 e. The highest BCUT2D eigenvalue weighted by Gasteiger charge is 2.28. The number of fused-ring (bicyclic) bond motifs is 1. The smallest absolute Gasteiger partial charge is 0.255 e. The van der Waals surface area contributed by atoms with Gasteiger partial charge in [0.15, 0.2) is 0 Å². The SMILES string of the molecule is CCc1nc2ccc(C(=O)N(C)CCCN(C)C)cn2c1N(C)C(=O)C1CCCCC1. The summed E-state index contributed by atoms with van der Waals surface area (Å²) in [5.74, 6) is 1.02. The normalized spacial score (nSPS) is 14.9. The summed E-state index contributed by atoms with van der Waals surface area (Å²) in [4.78, 5) is 36.6. The number of aromatic nitrogens is 2. The third-order valence-corrected chi connectivity index (χ3v) is 6.29. The number of nitrogens with zero attached hydrogens (tertiary/aromatic N) is 5. The summed E-state index contributed by atoms with van der Waals surface area (Å²) in [6, 6.07) is 3.71. The third-order valence-electron chi connectivity index (χ3n) is 6.29. The molecule has 0 spiro atoms. The molecular formula is C24H37N5O2. The van der Waals surface area contributed by atoms with Crippen LogP contribution in [0.25, 0.3) is 5.65 Å². The molecule has 0 aliphatic heterocycles. The molecule has 0 N–H and O–H groups in total. The van der Waals surface area contributed by atoms with Crippen molar-refractivity contribution in [2.24, 2.45) is 5.92 Å². The van der Waals surface area contributed by atoms with Gasteiger partial charge >= 0.3 is 0 Å². The number of carbonyl (C=O) groups excluding carboxylic acids is 2. The number of rotatable bonds is 8. The highest BCUT2D eigenvalue weighted by Crippen LogP contribution is 2.29. The molecule has 2 amide bonds. The van der Waals surface area contributed by atoms with Crippen molar-refractivity contribution >= 4 is 23.3 Å². The molecule has 0 aromatic carbocycles. The van der Waals surface area contributed by atoms with Crippen LogP contribution in [0.1, 0.15) is 61.5 Å². The minimum absolute atomic E-state index is 0.0142. The van der Waals surface area contributed by atoms with Gasteiger partial charge in [0.25, 0.3) is 5.91 Å². The van der Waals surface area contributed by atoms with Crippen LogP contribution < -0.4 is 4.90 Å². The van der Waals surface area contributed by atoms with Crippen LogP contribution in [0.3, 0.4) is 0 Å². The molecule has 0 saturated heterocycles. The predicted molar refractivity (Wildman–Crippen MR) is 125 cm³/mol. The molecule has 0 atom stereocenters. The molecule has 2 aromatic heterocycles. The number of anilines is 1. The van der Waals surface area contributed by atoms with E-state index < -0.39 is 0 Å². The van der Waals surface area contributed by atoms with Gasteiger partial charge in [-0.25, -0.2) is 4.98 Å². The first-order chi connectivity index (χ1) is 14.8. The molecule has 1 fully saturated rings. The van der Waals surface area contributed by atoms with Crippen molar-refractivity contribution in [2.75, 3.05) is 46.2 Å². The van der Waals surface area contributed by atoms with Gasteiger partial charge < -0.3 is 9.80 Å². The van der Waals surface area contributed by atoms with Crippen molar-refractivity contribution in [1.82, 2.24) is 19.2 Å². The Labute approximate surface area is 186 Å². The van der Waals surface area contributed by atoms with Crippen LogP contribution in [0.5, 0.6) is 0 Å². The molecule has 0 bridgehead atoms. The lowest BCUT2D eigenvalue weighted by Crippen LogP contribution is -2.35. The Morgan fingerprint density at radius 3 is 2.42 bits per heavy atom. The summed E-state index contributed by atoms with van der Waals surface area (Å²) in [6.07, 6.45) is 8.88. The average molecular weight is 428 g/mol. The van der Waals surface area contributed by atoms with Gasteiger partial charge in [-0.05, 0) is 58.5 Å². The first kappa shape index (κ1) is 23.3. The maximum atomic E-state index is 13.2. The van der Waals surface area contributed by atoms with Gasteiger partial charge in [-0.3, -0.25) is 18.9 Å². The van der Waals surface area contributed by atoms with Crippen LogP contribution >= 0.6 is 0 Å². The van der Waals surface area contributed by atoms with E-state index in [9.17, 15) is 9.59 Å². The van der Waals surface area contributed by atoms with E-state index >= 15 is 0 Å². The van der Waals surface area contributed by atoms with E-state index in [4.69, 9.17) is 4.98 Å². The third kappa shape index (κ3) is 5.26. The van der Waals surface area contributed by atoms with Crippen molar-refractivity contribution in [3.63, 3.8) is 0 Å². The Bertz CT molecular complexity index is 914. The highest BCUT2D eigenvalue weighted by molar-refractivity contribution is 5.96. The fourth-order valence-electron chi connectivity index (χ4n) is 4.47. The molecule has 1 aliphatic rings. The minimum atomic E-state index is -0.0142. The van der Waals surface area contributed by atoms with E-state index in [1.807, 2.05) is 50.9 Å². The zero-order valence-electron chi connectivity index (χ0n) is 19.7. The molecule has 2 aromatic rings. The van der Waals surface area contributed by atoms with Crippen LogP contribution in [0.2, 0.25) is 0 Å². The standard InChI is InChI=1S/C24H37N5O2/c1-6-20-22(28(5)24(31)18-11-8-7-9-12-18)29-17-19(13-14-21(29)25-20)23(30)27(4)16-10-15-26(2)3/h13-14,17-18H,6-12,15-16H2,1-5H3. The molecular weight excluding hydrogens is 390 g/mol. The Morgan fingerprint density at radius 1 is 1.06 bits per heavy atom. The van der Waals surface area contributed by atoms with Gasteiger partial charge in [0.1, 0.15) is 11.5 Å². The van der Waals surface area contributed by atoms with Gasteiger partial charge in [0, 0.05) is 32.8 Å². The first-order valence-electron chi connectivity index (χ1n) is 11.5. The maximum Gasteiger partial charge on any atom is 0.255 e. The average Bonchev–Trinajstić information content (AvgIpc) is 3.15. The number of aryl methyl sites for hydroxylation is 1. The van der Waals surface area contributed by atoms with E-state index in [1.165, 1.54) is 6.42 Å². The molecule has 7 heteroatoms. The number of imidazole rings is 1. The topological polar surface area (TPSA) is 61.2 Å². The number of hydrogen-bond donors (Lipinski definition) is 0. The van der Waals surface area contributed by atoms with Gasteiger partial charge in [-0.15, -0.1) is 0 Å². The lowest BCUT2D eigenvalue weighted by atomic mass is 9.88. The van der Waals surface area contributed by atoms with Gasteiger partial charge in [0.05, 0.1) is 11.3 Å². The lowest BCUT2D eigenvalue weighted by Gasteiger charge is -2.26. The van der Waals surface area contributed by atoms with Crippen LogP contribution in [-0.2, 0) is 11.2 Å². The Balaban J connectivity index is 1.87. The van der Waals surface area contributed by atoms with Crippen molar-refractivity contribution in [1.29, 1.82) is 0 Å². The second-order valence-electron chi connectivity index (χ2n) is 9.00. The van der Waals surface area contributed by atoms with Crippen molar-refractivity contribution in [3.8, 4) is 0 Å². The summed E-state index contributed by atoms with van der Waals surface area (Å²) in [5, 5.41) is 0. The first-order valence-corrected chi connectivity index (χ1v) is 11.5. The van der Waals surface area contributed by atoms with E-state index in [1.54, 1.807) is 9.80 Å². The predicted octanol–water partition coefficient (Wildman–Crippen LogP) is 3.46. The fraction of sp³-hybridized carbons (Fsp3) is 0.625. The summed E-state index contributed by atoms with van der Waals surface area (Å²) in [5.41, 5.74) is 2.26. The molecule has 0 radical (unpaired) electrons. The number of carbonyl (C=O) groups is 2. The number of pyridine rings is 1. The second kappa shape index (κ2) is 10.3. The Morgan fingerprint density at radius 2 is 1.77 bits per heavy atom. The fourth-order valence-corrected chi connectivity index (χ4v) is 4.47. The molecule has 1 saturated carbocycles. The van der Waals surface area contributed by atoms with Crippen LogP contribution in [-0.4, -0.2) is 72.3 Å². The number of hydrogen-bond acceptors (Lipinski definition) is 4. The zero-order chi connectivity index (χ0) is 22.5. The molecule has 0 unspecified atom stereocenters. The van der Waals surface area contributed by atoms with Crippen LogP contribution in [0.15, 0.2) is 18.3 Å². The molecule has 31 heavy (non-hydrogen) atoms. The van der Waals surface area contributed by atoms with Gasteiger partial charge in [-0.2, -0.15) is 0 Å². The maximum absolute atomic E-state index is 13.2. The van der Waals surface area contributed by atoms with E-state index in [2.05, 4.69) is 11.8 Å². The van der Waals surface area contributed by atoms with Crippen molar-refractivity contribution in [3.05, 3.63) is 29.6 Å². The molecule has 3 rings (SSSR count). The van der Waals surface area contributed by atoms with Gasteiger partial charge in [-0.1, -0.05) is 26.2 Å². The van der Waals surface area contributed by atoms with E-state index in [0.717, 1.165) is 62.2 Å². The largest absolute Gasteiger partial charge is 0.342 e. The molecule has 7 nitrogen and oxygen atoms in total. The van der Waals surface area contributed by atoms with E-state index in [-0.39, 0.29) is 17.7 Å². The summed E-state index contributed by atoms with van der Waals surface area (Å²) >= 11 is 0. The summed E-state index contributed by atoms with van der Waals surface area (Å²) < 4.78 is 1.92. The Kier molecular flexibility index (Phi) is 7.70. The summed E-state index contributed by atoms with van der Waals surface area (Å²) in [6.45, 7) is 3.69. The van der Waals surface area contributed by atoms with Crippen LogP contribution in [0.4, 0.5) is 5.82 Å². The number of amides is 2. The second-order valence-corrected chi connectivity index (χ2v) is 9.00. The monoisotopic (exact) mass is 427 g/mol. The highest BCUT2D eigenvalue weighted by atomic mass is 16.2. The van der Waals surface area contributed by atoms with Crippen molar-refractivity contribution < 1.29 is 9.59 Å². The van der Waals surface area contributed by atoms with E-state index in [0.29, 0.717) is 12.1 Å². The van der Waals surface area contributed by atoms with Crippen LogP contribution in [0, 0.1) is 5.92 Å².